The molecule has 1 unspecified atom stereocenters. The molecule has 35 heavy (non-hydrogen) atoms. The van der Waals surface area contributed by atoms with Gasteiger partial charge in [0.1, 0.15) is 6.04 Å². The molecule has 1 aromatic rings. The van der Waals surface area contributed by atoms with Crippen molar-refractivity contribution in [2.75, 3.05) is 20.1 Å². The normalized spacial score (nSPS) is 16.5. The molecule has 2 atom stereocenters. The van der Waals surface area contributed by atoms with E-state index in [0.717, 1.165) is 0 Å². The standard InChI is InChI=1S/C24H33N5O6/c1-16(2)21(27(4)22(31)14-25-15-30)11-17(3)24(33)28-10-6-9-20(28)23(32)26-13-18-7-5-8-19(12-18)29(34)35/h5,7-8,11-12,15-16,20-21H,6,9-10,13-14H2,1-4H3,(H,25,30)(H,26,32)/t20-,21?/m0/s1. The van der Waals surface area contributed by atoms with Crippen LogP contribution in [0.25, 0.3) is 0 Å². The average molecular weight is 488 g/mol. The van der Waals surface area contributed by atoms with E-state index in [2.05, 4.69) is 10.6 Å². The number of rotatable bonds is 11. The van der Waals surface area contributed by atoms with Crippen LogP contribution < -0.4 is 10.6 Å². The second-order valence-electron chi connectivity index (χ2n) is 8.89. The molecule has 1 aromatic carbocycles. The van der Waals surface area contributed by atoms with E-state index in [1.165, 1.54) is 21.9 Å². The summed E-state index contributed by atoms with van der Waals surface area (Å²) < 4.78 is 0. The van der Waals surface area contributed by atoms with Crippen molar-refractivity contribution < 1.29 is 24.1 Å². The number of carbonyl (C=O) groups is 4. The summed E-state index contributed by atoms with van der Waals surface area (Å²) in [5, 5.41) is 16.1. The quantitative estimate of drug-likeness (QED) is 0.209. The van der Waals surface area contributed by atoms with Crippen molar-refractivity contribution in [2.45, 2.75) is 52.2 Å². The Morgan fingerprint density at radius 1 is 1.31 bits per heavy atom. The summed E-state index contributed by atoms with van der Waals surface area (Å²) in [6.45, 7) is 5.93. The number of nitrogens with zero attached hydrogens (tertiary/aromatic N) is 3. The highest BCUT2D eigenvalue weighted by atomic mass is 16.6. The van der Waals surface area contributed by atoms with Crippen molar-refractivity contribution in [1.29, 1.82) is 0 Å². The van der Waals surface area contributed by atoms with Crippen LogP contribution in [0.1, 0.15) is 39.2 Å². The van der Waals surface area contributed by atoms with Gasteiger partial charge in [0.15, 0.2) is 0 Å². The Kier molecular flexibility index (Phi) is 9.92. The predicted molar refractivity (Wildman–Crippen MR) is 129 cm³/mol. The number of carbonyl (C=O) groups excluding carboxylic acids is 4. The highest BCUT2D eigenvalue weighted by molar-refractivity contribution is 5.97. The van der Waals surface area contributed by atoms with Gasteiger partial charge in [0.05, 0.1) is 17.5 Å². The molecule has 1 heterocycles. The summed E-state index contributed by atoms with van der Waals surface area (Å²) in [5.41, 5.74) is 0.960. The summed E-state index contributed by atoms with van der Waals surface area (Å²) in [7, 11) is 1.62. The first kappa shape index (κ1) is 27.5. The fourth-order valence-corrected chi connectivity index (χ4v) is 4.09. The molecule has 0 saturated carbocycles. The van der Waals surface area contributed by atoms with Crippen molar-refractivity contribution in [3.05, 3.63) is 51.6 Å². The maximum Gasteiger partial charge on any atom is 0.269 e. The number of likely N-dealkylation sites (N-methyl/N-ethyl adjacent to an activating group) is 1. The van der Waals surface area contributed by atoms with Gasteiger partial charge in [0, 0.05) is 37.8 Å². The van der Waals surface area contributed by atoms with E-state index in [1.54, 1.807) is 32.2 Å². The van der Waals surface area contributed by atoms with Gasteiger partial charge in [0.25, 0.3) is 5.69 Å². The number of amides is 4. The first-order valence-electron chi connectivity index (χ1n) is 11.5. The van der Waals surface area contributed by atoms with Crippen LogP contribution in [0.2, 0.25) is 0 Å². The zero-order valence-corrected chi connectivity index (χ0v) is 20.5. The Labute approximate surface area is 204 Å². The Hall–Kier alpha value is -3.76. The number of benzene rings is 1. The van der Waals surface area contributed by atoms with E-state index >= 15 is 0 Å². The Morgan fingerprint density at radius 3 is 2.66 bits per heavy atom. The molecular weight excluding hydrogens is 454 g/mol. The minimum absolute atomic E-state index is 0.00975. The minimum Gasteiger partial charge on any atom is -0.350 e. The SMILES string of the molecule is CC(=CC(C(C)C)N(C)C(=O)CNC=O)C(=O)N1CCC[C@H]1C(=O)NCc1cccc([N+](=O)[O-])c1. The van der Waals surface area contributed by atoms with Gasteiger partial charge in [-0.2, -0.15) is 0 Å². The smallest absolute Gasteiger partial charge is 0.269 e. The third-order valence-corrected chi connectivity index (χ3v) is 6.02. The molecule has 0 aromatic heterocycles. The van der Waals surface area contributed by atoms with Crippen molar-refractivity contribution in [2.24, 2.45) is 5.92 Å². The molecule has 0 bridgehead atoms. The lowest BCUT2D eigenvalue weighted by Gasteiger charge is -2.30. The topological polar surface area (TPSA) is 142 Å². The first-order valence-corrected chi connectivity index (χ1v) is 11.5. The van der Waals surface area contributed by atoms with Gasteiger partial charge < -0.3 is 20.4 Å². The lowest BCUT2D eigenvalue weighted by Crippen LogP contribution is -2.47. The molecule has 0 aliphatic carbocycles. The highest BCUT2D eigenvalue weighted by Crippen LogP contribution is 2.22. The zero-order chi connectivity index (χ0) is 26.1. The number of nitrogens with one attached hydrogen (secondary N) is 2. The Bertz CT molecular complexity index is 992. The van der Waals surface area contributed by atoms with Crippen molar-refractivity contribution in [3.8, 4) is 0 Å². The number of nitro benzene ring substituents is 1. The summed E-state index contributed by atoms with van der Waals surface area (Å²) >= 11 is 0. The van der Waals surface area contributed by atoms with Crippen LogP contribution in [-0.4, -0.2) is 71.1 Å². The zero-order valence-electron chi connectivity index (χ0n) is 20.5. The van der Waals surface area contributed by atoms with Gasteiger partial charge in [-0.1, -0.05) is 32.1 Å². The molecule has 1 saturated heterocycles. The maximum atomic E-state index is 13.2. The van der Waals surface area contributed by atoms with Crippen LogP contribution in [-0.2, 0) is 25.7 Å². The summed E-state index contributed by atoms with van der Waals surface area (Å²) in [5.74, 6) is -0.874. The summed E-state index contributed by atoms with van der Waals surface area (Å²) in [6, 6.07) is 5.01. The number of nitro groups is 1. The van der Waals surface area contributed by atoms with E-state index in [4.69, 9.17) is 0 Å². The molecule has 1 aliphatic heterocycles. The minimum atomic E-state index is -0.641. The first-order chi connectivity index (χ1) is 16.6. The highest BCUT2D eigenvalue weighted by Gasteiger charge is 2.35. The molecule has 2 N–H and O–H groups in total. The van der Waals surface area contributed by atoms with E-state index in [0.29, 0.717) is 36.9 Å². The molecule has 1 fully saturated rings. The van der Waals surface area contributed by atoms with Gasteiger partial charge in [-0.25, -0.2) is 0 Å². The third kappa shape index (κ3) is 7.36. The molecule has 1 aliphatic rings. The lowest BCUT2D eigenvalue weighted by molar-refractivity contribution is -0.384. The maximum absolute atomic E-state index is 13.2. The van der Waals surface area contributed by atoms with Gasteiger partial charge in [0.2, 0.25) is 24.1 Å². The van der Waals surface area contributed by atoms with E-state index in [-0.39, 0.29) is 48.5 Å². The monoisotopic (exact) mass is 487 g/mol. The molecular formula is C24H33N5O6. The fraction of sp³-hybridized carbons (Fsp3) is 0.500. The summed E-state index contributed by atoms with van der Waals surface area (Å²) in [4.78, 5) is 62.4. The molecule has 0 radical (unpaired) electrons. The van der Waals surface area contributed by atoms with Gasteiger partial charge in [-0.3, -0.25) is 29.3 Å². The van der Waals surface area contributed by atoms with Gasteiger partial charge in [-0.05, 0) is 31.2 Å². The number of hydrogen-bond acceptors (Lipinski definition) is 6. The molecule has 11 heteroatoms. The third-order valence-electron chi connectivity index (χ3n) is 6.02. The van der Waals surface area contributed by atoms with Crippen molar-refractivity contribution in [3.63, 3.8) is 0 Å². The molecule has 190 valence electrons. The predicted octanol–water partition coefficient (Wildman–Crippen LogP) is 1.38. The number of hydrogen-bond donors (Lipinski definition) is 2. The molecule has 0 spiro atoms. The molecule has 11 nitrogen and oxygen atoms in total. The molecule has 2 rings (SSSR count). The summed E-state index contributed by atoms with van der Waals surface area (Å²) in [6.07, 6.45) is 3.38. The van der Waals surface area contributed by atoms with E-state index in [1.807, 2.05) is 13.8 Å². The largest absolute Gasteiger partial charge is 0.350 e. The number of non-ortho nitro benzene ring substituents is 1. The van der Waals surface area contributed by atoms with Gasteiger partial charge in [-0.15, -0.1) is 0 Å². The van der Waals surface area contributed by atoms with Crippen LogP contribution in [0.3, 0.4) is 0 Å². The van der Waals surface area contributed by atoms with Crippen LogP contribution in [0.15, 0.2) is 35.9 Å². The van der Waals surface area contributed by atoms with Crippen molar-refractivity contribution >= 4 is 29.8 Å². The second-order valence-corrected chi connectivity index (χ2v) is 8.89. The number of likely N-dealkylation sites (tertiary alicyclic amines) is 1. The second kappa shape index (κ2) is 12.6. The Morgan fingerprint density at radius 2 is 2.03 bits per heavy atom. The van der Waals surface area contributed by atoms with Crippen LogP contribution >= 0.6 is 0 Å². The molecule has 4 amide bonds. The van der Waals surface area contributed by atoms with Crippen LogP contribution in [0.5, 0.6) is 0 Å². The van der Waals surface area contributed by atoms with E-state index < -0.39 is 11.0 Å². The van der Waals surface area contributed by atoms with Crippen molar-refractivity contribution in [1.82, 2.24) is 20.4 Å². The van der Waals surface area contributed by atoms with Gasteiger partial charge >= 0.3 is 0 Å². The lowest BCUT2D eigenvalue weighted by atomic mass is 9.99. The average Bonchev–Trinajstić information content (AvgIpc) is 3.33. The van der Waals surface area contributed by atoms with Crippen LogP contribution in [0, 0.1) is 16.0 Å². The van der Waals surface area contributed by atoms with Crippen LogP contribution in [0.4, 0.5) is 5.69 Å². The fourth-order valence-electron chi connectivity index (χ4n) is 4.09. The van der Waals surface area contributed by atoms with E-state index in [9.17, 15) is 29.3 Å². The Balaban J connectivity index is 2.08.